The van der Waals surface area contributed by atoms with E-state index in [-0.39, 0.29) is 31.6 Å². The number of ether oxygens (including phenoxy) is 3. The number of rotatable bonds is 54. The molecule has 1 unspecified atom stereocenters. The molecule has 0 fully saturated rings. The maximum absolute atomic E-state index is 12.8. The SMILES string of the molecule is CC/C=C\C/C=C\C/C=C\C/C=C\C/C=C\C/C=C\CCCCCCCCCCCCC(=O)OCC(COC(=O)CCCCCCC/C=C\CCCC)OC(=O)CC/C=C\C/C=C\C/C=C\C/C=C\C/C=C\C/C=C\CC. The summed E-state index contributed by atoms with van der Waals surface area (Å²) < 4.78 is 16.8. The number of unbranched alkanes of at least 4 members (excludes halogenated alkanes) is 17. The molecule has 1 atom stereocenters. The molecule has 0 bridgehead atoms. The predicted molar refractivity (Wildman–Crippen MR) is 334 cm³/mol. The summed E-state index contributed by atoms with van der Waals surface area (Å²) in [6.07, 6.45) is 92.6. The standard InChI is InChI=1S/C71H112O6/c1-4-7-10-13-16-19-22-24-26-28-30-31-32-33-34-35-36-37-38-39-41-42-44-46-49-52-55-58-61-64-70(73)76-67-68(66-75-69(72)63-60-57-54-51-48-21-18-15-12-9-6-3)77-71(74)65-62-59-56-53-50-47-45-43-40-29-27-25-23-20-17-14-11-8-5-2/h7-8,10-11,15-20,24-27,30-31,33-34,36-37,40,43,47,50,56,59,68H,4-6,9,12-14,21-23,28-29,32,35,38-39,41-42,44-46,48-49,51-55,57-58,60-67H2,1-3H3/b10-7-,11-8-,18-15-,19-16-,20-17-,26-24-,27-25-,31-30-,34-33-,37-36-,43-40-,50-47-,59-56-. The highest BCUT2D eigenvalue weighted by Crippen LogP contribution is 2.14. The Morgan fingerprint density at radius 3 is 0.857 bits per heavy atom. The molecular weight excluding hydrogens is 949 g/mol. The maximum Gasteiger partial charge on any atom is 0.306 e. The van der Waals surface area contributed by atoms with Crippen LogP contribution in [-0.4, -0.2) is 37.2 Å². The smallest absolute Gasteiger partial charge is 0.306 e. The molecule has 0 saturated heterocycles. The largest absolute Gasteiger partial charge is 0.462 e. The molecule has 0 saturated carbocycles. The minimum absolute atomic E-state index is 0.119. The fourth-order valence-corrected chi connectivity index (χ4v) is 7.92. The fourth-order valence-electron chi connectivity index (χ4n) is 7.92. The van der Waals surface area contributed by atoms with Crippen LogP contribution in [0.1, 0.15) is 252 Å². The minimum Gasteiger partial charge on any atom is -0.462 e. The molecule has 0 aromatic carbocycles. The molecule has 0 rings (SSSR count). The van der Waals surface area contributed by atoms with Crippen LogP contribution in [0.4, 0.5) is 0 Å². The topological polar surface area (TPSA) is 78.9 Å². The molecule has 77 heavy (non-hydrogen) atoms. The lowest BCUT2D eigenvalue weighted by molar-refractivity contribution is -0.166. The molecule has 0 aromatic rings. The van der Waals surface area contributed by atoms with Crippen LogP contribution >= 0.6 is 0 Å². The van der Waals surface area contributed by atoms with Gasteiger partial charge in [-0.25, -0.2) is 0 Å². The number of hydrogen-bond donors (Lipinski definition) is 0. The van der Waals surface area contributed by atoms with Gasteiger partial charge in [0, 0.05) is 19.3 Å². The maximum atomic E-state index is 12.8. The van der Waals surface area contributed by atoms with Crippen LogP contribution in [0.3, 0.4) is 0 Å². The van der Waals surface area contributed by atoms with E-state index in [4.69, 9.17) is 14.2 Å². The van der Waals surface area contributed by atoms with Gasteiger partial charge in [-0.2, -0.15) is 0 Å². The summed E-state index contributed by atoms with van der Waals surface area (Å²) in [6.45, 7) is 6.29. The summed E-state index contributed by atoms with van der Waals surface area (Å²) in [6, 6.07) is 0. The lowest BCUT2D eigenvalue weighted by Crippen LogP contribution is -2.30. The van der Waals surface area contributed by atoms with Gasteiger partial charge >= 0.3 is 17.9 Å². The molecular formula is C71H112O6. The Morgan fingerprint density at radius 2 is 0.532 bits per heavy atom. The van der Waals surface area contributed by atoms with Gasteiger partial charge in [-0.3, -0.25) is 14.4 Å². The summed E-state index contributed by atoms with van der Waals surface area (Å²) in [5.74, 6) is -1.02. The van der Waals surface area contributed by atoms with Crippen molar-refractivity contribution in [1.82, 2.24) is 0 Å². The first-order chi connectivity index (χ1) is 38.0. The van der Waals surface area contributed by atoms with E-state index in [1.54, 1.807) is 0 Å². The number of carbonyl (C=O) groups excluding carboxylic acids is 3. The number of esters is 3. The van der Waals surface area contributed by atoms with Gasteiger partial charge in [-0.1, -0.05) is 262 Å². The monoisotopic (exact) mass is 1060 g/mol. The van der Waals surface area contributed by atoms with Crippen molar-refractivity contribution < 1.29 is 28.6 Å². The molecule has 0 aliphatic carbocycles. The Kier molecular flexibility index (Phi) is 59.5. The van der Waals surface area contributed by atoms with Crippen LogP contribution < -0.4 is 0 Å². The third-order valence-electron chi connectivity index (χ3n) is 12.5. The first-order valence-electron chi connectivity index (χ1n) is 31.0. The molecule has 0 aliphatic rings. The van der Waals surface area contributed by atoms with Crippen molar-refractivity contribution in [1.29, 1.82) is 0 Å². The zero-order valence-electron chi connectivity index (χ0n) is 49.4. The molecule has 0 spiro atoms. The number of carbonyl (C=O) groups is 3. The van der Waals surface area contributed by atoms with E-state index < -0.39 is 12.1 Å². The third kappa shape index (κ3) is 61.8. The van der Waals surface area contributed by atoms with Crippen LogP contribution in [0.5, 0.6) is 0 Å². The predicted octanol–water partition coefficient (Wildman–Crippen LogP) is 21.3. The van der Waals surface area contributed by atoms with Gasteiger partial charge in [0.05, 0.1) is 0 Å². The lowest BCUT2D eigenvalue weighted by atomic mass is 10.1. The van der Waals surface area contributed by atoms with E-state index in [0.717, 1.165) is 135 Å². The number of hydrogen-bond acceptors (Lipinski definition) is 6. The van der Waals surface area contributed by atoms with Crippen molar-refractivity contribution in [2.75, 3.05) is 13.2 Å². The van der Waals surface area contributed by atoms with E-state index >= 15 is 0 Å². The van der Waals surface area contributed by atoms with Crippen molar-refractivity contribution in [3.8, 4) is 0 Å². The van der Waals surface area contributed by atoms with Gasteiger partial charge in [-0.05, 0) is 128 Å². The highest BCUT2D eigenvalue weighted by atomic mass is 16.6. The average molecular weight is 1060 g/mol. The van der Waals surface area contributed by atoms with E-state index in [0.29, 0.717) is 19.3 Å². The Morgan fingerprint density at radius 1 is 0.273 bits per heavy atom. The normalized spacial score (nSPS) is 13.2. The molecule has 0 aromatic heterocycles. The lowest BCUT2D eigenvalue weighted by Gasteiger charge is -2.18. The third-order valence-corrected chi connectivity index (χ3v) is 12.5. The van der Waals surface area contributed by atoms with Crippen molar-refractivity contribution in [2.45, 2.75) is 258 Å². The zero-order valence-corrected chi connectivity index (χ0v) is 49.4. The molecule has 0 amide bonds. The zero-order chi connectivity index (χ0) is 55.7. The summed E-state index contributed by atoms with van der Waals surface area (Å²) in [5, 5.41) is 0. The summed E-state index contributed by atoms with van der Waals surface area (Å²) in [5.41, 5.74) is 0. The Balaban J connectivity index is 4.38. The van der Waals surface area contributed by atoms with Gasteiger partial charge < -0.3 is 14.2 Å². The van der Waals surface area contributed by atoms with Crippen molar-refractivity contribution in [3.05, 3.63) is 158 Å². The first kappa shape index (κ1) is 72.0. The molecule has 0 radical (unpaired) electrons. The van der Waals surface area contributed by atoms with Gasteiger partial charge in [0.2, 0.25) is 0 Å². The van der Waals surface area contributed by atoms with E-state index in [1.807, 2.05) is 12.2 Å². The molecule has 0 N–H and O–H groups in total. The molecule has 432 valence electrons. The summed E-state index contributed by atoms with van der Waals surface area (Å²) >= 11 is 0. The minimum atomic E-state index is -0.831. The second-order valence-electron chi connectivity index (χ2n) is 19.8. The van der Waals surface area contributed by atoms with E-state index in [9.17, 15) is 14.4 Å². The quantitative estimate of drug-likeness (QED) is 0.0261. The summed E-state index contributed by atoms with van der Waals surface area (Å²) in [7, 11) is 0. The van der Waals surface area contributed by atoms with Crippen LogP contribution in [0.2, 0.25) is 0 Å². The van der Waals surface area contributed by atoms with Crippen molar-refractivity contribution in [3.63, 3.8) is 0 Å². The fraction of sp³-hybridized carbons (Fsp3) is 0.592. The molecule has 6 heteroatoms. The Hall–Kier alpha value is -4.97. The van der Waals surface area contributed by atoms with E-state index in [1.165, 1.54) is 70.6 Å². The molecule has 0 aliphatic heterocycles. The molecule has 0 heterocycles. The Labute approximate surface area is 473 Å². The van der Waals surface area contributed by atoms with Gasteiger partial charge in [0.15, 0.2) is 6.10 Å². The van der Waals surface area contributed by atoms with Crippen molar-refractivity contribution in [2.24, 2.45) is 0 Å². The van der Waals surface area contributed by atoms with Crippen LogP contribution in [0.15, 0.2) is 158 Å². The average Bonchev–Trinajstić information content (AvgIpc) is 3.43. The molecule has 6 nitrogen and oxygen atoms in total. The first-order valence-corrected chi connectivity index (χ1v) is 31.0. The van der Waals surface area contributed by atoms with Crippen LogP contribution in [-0.2, 0) is 28.6 Å². The highest BCUT2D eigenvalue weighted by Gasteiger charge is 2.19. The number of allylic oxidation sites excluding steroid dienone is 26. The van der Waals surface area contributed by atoms with Gasteiger partial charge in [0.25, 0.3) is 0 Å². The van der Waals surface area contributed by atoms with Crippen LogP contribution in [0, 0.1) is 0 Å². The second kappa shape index (κ2) is 63.6. The van der Waals surface area contributed by atoms with Crippen molar-refractivity contribution >= 4 is 17.9 Å². The highest BCUT2D eigenvalue weighted by molar-refractivity contribution is 5.71. The Bertz CT molecular complexity index is 1740. The summed E-state index contributed by atoms with van der Waals surface area (Å²) in [4.78, 5) is 38.2. The van der Waals surface area contributed by atoms with Crippen LogP contribution in [0.25, 0.3) is 0 Å². The van der Waals surface area contributed by atoms with Gasteiger partial charge in [-0.15, -0.1) is 0 Å². The van der Waals surface area contributed by atoms with Gasteiger partial charge in [0.1, 0.15) is 13.2 Å². The van der Waals surface area contributed by atoms with E-state index in [2.05, 4.69) is 167 Å². The second-order valence-corrected chi connectivity index (χ2v) is 19.8.